The summed E-state index contributed by atoms with van der Waals surface area (Å²) in [6, 6.07) is 3.88. The van der Waals surface area contributed by atoms with Crippen molar-refractivity contribution < 1.29 is 38.6 Å². The van der Waals surface area contributed by atoms with Crippen LogP contribution in [0.1, 0.15) is 103 Å². The Bertz CT molecular complexity index is 1320. The number of hydrogen-bond donors (Lipinski definition) is 5. The van der Waals surface area contributed by atoms with Crippen molar-refractivity contribution in [1.82, 2.24) is 16.0 Å². The van der Waals surface area contributed by atoms with Gasteiger partial charge in [-0.25, -0.2) is 19.4 Å². The maximum Gasteiger partial charge on any atom is 0.414 e. The maximum atomic E-state index is 13.2. The predicted octanol–water partition coefficient (Wildman–Crippen LogP) is 5.47. The number of hydrogen-bond acceptors (Lipinski definition) is 8. The van der Waals surface area contributed by atoms with Gasteiger partial charge in [-0.15, -0.1) is 0 Å². The monoisotopic (exact) mass is 641 g/mol. The minimum atomic E-state index is -1.28. The summed E-state index contributed by atoms with van der Waals surface area (Å²) in [4.78, 5) is 67.0. The summed E-state index contributed by atoms with van der Waals surface area (Å²) in [5, 5.41) is 20.1. The topological polar surface area (TPSA) is 185 Å². The van der Waals surface area contributed by atoms with Crippen molar-refractivity contribution in [2.45, 2.75) is 104 Å². The van der Waals surface area contributed by atoms with Crippen molar-refractivity contribution >= 4 is 47.3 Å². The summed E-state index contributed by atoms with van der Waals surface area (Å²) in [6.45, 7) is 10.3. The Hall–Kier alpha value is -4.16. The fraction of sp³-hybridized carbons (Fsp3) is 0.636. The number of benzene rings is 1. The van der Waals surface area contributed by atoms with Crippen LogP contribution in [0.15, 0.2) is 23.2 Å². The summed E-state index contributed by atoms with van der Waals surface area (Å²) in [5.74, 6) is 0.0715. The third kappa shape index (κ3) is 9.92. The number of carbonyl (C=O) groups is 5. The summed E-state index contributed by atoms with van der Waals surface area (Å²) >= 11 is 0. The minimum Gasteiger partial charge on any atom is -0.478 e. The number of rotatable bonds is 8. The van der Waals surface area contributed by atoms with Crippen molar-refractivity contribution in [1.29, 1.82) is 0 Å². The number of nitrogens with zero attached hydrogens (tertiary/aromatic N) is 1. The molecule has 4 saturated carbocycles. The number of alkyl carbamates (subject to hydrolysis) is 2. The molecule has 4 fully saturated rings. The first-order valence-electron chi connectivity index (χ1n) is 15.9. The Labute approximate surface area is 269 Å². The van der Waals surface area contributed by atoms with Crippen molar-refractivity contribution in [2.24, 2.45) is 28.2 Å². The van der Waals surface area contributed by atoms with Gasteiger partial charge in [-0.2, -0.15) is 0 Å². The van der Waals surface area contributed by atoms with Crippen molar-refractivity contribution in [3.05, 3.63) is 23.8 Å². The standard InChI is InChI=1S/C33H47N5O8/c1-31(2,3)45-29(43)37-28(38-30(44)46-32(4,5)6)36-24-14-22(26(40)41)13-23(15-24)35-25(39)8-7-9-34-27(42)33-16-19-10-20(17-33)12-21(11-19)18-33/h13-15,19-21H,7-12,16-18H2,1-6H3,(H,34,42)(H,35,39)(H,40,41)(H2,36,37,38,43,44). The van der Waals surface area contributed by atoms with Gasteiger partial charge in [-0.1, -0.05) is 0 Å². The van der Waals surface area contributed by atoms with E-state index in [2.05, 4.69) is 26.3 Å². The molecule has 1 aromatic rings. The van der Waals surface area contributed by atoms with Crippen LogP contribution in [0.25, 0.3) is 0 Å². The van der Waals surface area contributed by atoms with Crippen LogP contribution in [0, 0.1) is 23.2 Å². The molecule has 0 unspecified atom stereocenters. The van der Waals surface area contributed by atoms with Crippen molar-refractivity contribution in [2.75, 3.05) is 11.9 Å². The van der Waals surface area contributed by atoms with Crippen LogP contribution in [0.3, 0.4) is 0 Å². The van der Waals surface area contributed by atoms with Crippen LogP contribution in [-0.2, 0) is 19.1 Å². The minimum absolute atomic E-state index is 0.0140. The van der Waals surface area contributed by atoms with Gasteiger partial charge >= 0.3 is 18.2 Å². The lowest BCUT2D eigenvalue weighted by atomic mass is 9.49. The molecular weight excluding hydrogens is 594 g/mol. The summed E-state index contributed by atoms with van der Waals surface area (Å²) in [6.07, 6.45) is 5.36. The number of carbonyl (C=O) groups excluding carboxylic acids is 4. The molecule has 5 N–H and O–H groups in total. The second kappa shape index (κ2) is 13.7. The number of aliphatic imine (C=N–C) groups is 1. The van der Waals surface area contributed by atoms with Gasteiger partial charge in [0.15, 0.2) is 0 Å². The van der Waals surface area contributed by atoms with E-state index in [1.54, 1.807) is 41.5 Å². The first-order valence-corrected chi connectivity index (χ1v) is 15.9. The molecule has 13 heteroatoms. The van der Waals surface area contributed by atoms with Gasteiger partial charge < -0.3 is 25.2 Å². The molecule has 5 rings (SSSR count). The number of ether oxygens (including phenoxy) is 2. The van der Waals surface area contributed by atoms with Gasteiger partial charge in [0.05, 0.1) is 11.3 Å². The lowest BCUT2D eigenvalue weighted by Gasteiger charge is -2.55. The second-order valence-electron chi connectivity index (χ2n) is 14.9. The molecule has 4 aliphatic carbocycles. The maximum absolute atomic E-state index is 13.2. The van der Waals surface area contributed by atoms with E-state index < -0.39 is 29.4 Å². The zero-order valence-corrected chi connectivity index (χ0v) is 27.6. The number of nitrogens with one attached hydrogen (secondary N) is 4. The van der Waals surface area contributed by atoms with Gasteiger partial charge in [0.1, 0.15) is 11.2 Å². The summed E-state index contributed by atoms with van der Waals surface area (Å²) in [7, 11) is 0. The van der Waals surface area contributed by atoms with E-state index in [1.165, 1.54) is 37.5 Å². The number of anilines is 1. The lowest BCUT2D eigenvalue weighted by Crippen LogP contribution is -2.53. The smallest absolute Gasteiger partial charge is 0.414 e. The van der Waals surface area contributed by atoms with E-state index in [0.717, 1.165) is 19.3 Å². The van der Waals surface area contributed by atoms with Gasteiger partial charge in [0, 0.05) is 24.1 Å². The third-order valence-corrected chi connectivity index (χ3v) is 8.31. The molecule has 4 aliphatic rings. The predicted molar refractivity (Wildman–Crippen MR) is 171 cm³/mol. The van der Waals surface area contributed by atoms with Gasteiger partial charge in [0.2, 0.25) is 17.8 Å². The number of amides is 4. The highest BCUT2D eigenvalue weighted by molar-refractivity contribution is 6.03. The molecule has 1 aromatic carbocycles. The highest BCUT2D eigenvalue weighted by atomic mass is 16.6. The van der Waals surface area contributed by atoms with E-state index >= 15 is 0 Å². The normalized spacial score (nSPS) is 23.1. The van der Waals surface area contributed by atoms with E-state index in [4.69, 9.17) is 9.47 Å². The number of carboxylic acid groups (broad SMARTS) is 1. The van der Waals surface area contributed by atoms with E-state index in [9.17, 15) is 29.1 Å². The SMILES string of the molecule is CC(C)(C)OC(=O)NC(=Nc1cc(NC(=O)CCCNC(=O)C23CC4CC(CC(C4)C2)C3)cc(C(=O)O)c1)NC(=O)OC(C)(C)C. The number of guanidine groups is 1. The second-order valence-corrected chi connectivity index (χ2v) is 14.9. The third-order valence-electron chi connectivity index (χ3n) is 8.31. The summed E-state index contributed by atoms with van der Waals surface area (Å²) < 4.78 is 10.5. The molecule has 0 aromatic heterocycles. The lowest BCUT2D eigenvalue weighted by molar-refractivity contribution is -0.146. The molecule has 0 saturated heterocycles. The van der Waals surface area contributed by atoms with Gasteiger partial charge in [-0.3, -0.25) is 20.2 Å². The van der Waals surface area contributed by atoms with E-state index in [-0.39, 0.29) is 46.5 Å². The molecule has 252 valence electrons. The average molecular weight is 642 g/mol. The molecule has 46 heavy (non-hydrogen) atoms. The van der Waals surface area contributed by atoms with E-state index in [0.29, 0.717) is 30.7 Å². The molecule has 0 spiro atoms. The van der Waals surface area contributed by atoms with Crippen LogP contribution in [0.4, 0.5) is 21.0 Å². The first kappa shape index (κ1) is 34.7. The molecule has 0 radical (unpaired) electrons. The molecule has 4 amide bonds. The summed E-state index contributed by atoms with van der Waals surface area (Å²) in [5.41, 5.74) is -1.97. The van der Waals surface area contributed by atoms with E-state index in [1.807, 2.05) is 0 Å². The van der Waals surface area contributed by atoms with Crippen LogP contribution >= 0.6 is 0 Å². The zero-order chi connectivity index (χ0) is 33.9. The highest BCUT2D eigenvalue weighted by Gasteiger charge is 2.54. The Balaban J connectivity index is 1.39. The molecular formula is C33H47N5O8. The Kier molecular flexibility index (Phi) is 10.3. The highest BCUT2D eigenvalue weighted by Crippen LogP contribution is 2.60. The zero-order valence-electron chi connectivity index (χ0n) is 27.6. The Morgan fingerprint density at radius 3 is 1.85 bits per heavy atom. The Morgan fingerprint density at radius 1 is 0.848 bits per heavy atom. The average Bonchev–Trinajstić information content (AvgIpc) is 2.87. The van der Waals surface area contributed by atoms with Crippen LogP contribution < -0.4 is 21.3 Å². The van der Waals surface area contributed by atoms with Gasteiger partial charge in [-0.05, 0) is 122 Å². The van der Waals surface area contributed by atoms with Crippen LogP contribution in [0.5, 0.6) is 0 Å². The molecule has 0 aliphatic heterocycles. The quantitative estimate of drug-likeness (QED) is 0.140. The molecule has 13 nitrogen and oxygen atoms in total. The molecule has 0 heterocycles. The van der Waals surface area contributed by atoms with Gasteiger partial charge in [0.25, 0.3) is 0 Å². The first-order chi connectivity index (χ1) is 21.4. The number of carboxylic acids is 1. The fourth-order valence-corrected chi connectivity index (χ4v) is 7.14. The van der Waals surface area contributed by atoms with Crippen molar-refractivity contribution in [3.8, 4) is 0 Å². The largest absolute Gasteiger partial charge is 0.478 e. The molecule has 0 atom stereocenters. The fourth-order valence-electron chi connectivity index (χ4n) is 7.14. The Morgan fingerprint density at radius 2 is 1.37 bits per heavy atom. The number of aromatic carboxylic acids is 1. The van der Waals surface area contributed by atoms with Crippen LogP contribution in [0.2, 0.25) is 0 Å². The van der Waals surface area contributed by atoms with Crippen LogP contribution in [-0.4, -0.2) is 58.8 Å². The molecule has 4 bridgehead atoms. The van der Waals surface area contributed by atoms with Crippen molar-refractivity contribution in [3.63, 3.8) is 0 Å².